The summed E-state index contributed by atoms with van der Waals surface area (Å²) in [6.45, 7) is 4.14. The topological polar surface area (TPSA) is 29.3 Å². The number of anilines is 1. The molecule has 0 saturated heterocycles. The lowest BCUT2D eigenvalue weighted by molar-refractivity contribution is 0.321. The number of halogens is 1. The fourth-order valence-corrected chi connectivity index (χ4v) is 3.33. The van der Waals surface area contributed by atoms with Crippen molar-refractivity contribution in [1.82, 2.24) is 0 Å². The van der Waals surface area contributed by atoms with Crippen LogP contribution in [0.2, 0.25) is 0 Å². The van der Waals surface area contributed by atoms with Crippen molar-refractivity contribution in [3.05, 3.63) is 29.6 Å². The molecule has 1 fully saturated rings. The number of nitrogens with two attached hydrogens (primary N) is 1. The molecule has 0 aliphatic heterocycles. The van der Waals surface area contributed by atoms with E-state index in [0.29, 0.717) is 17.5 Å². The molecule has 106 valence electrons. The Bertz CT molecular complexity index is 431. The molecule has 1 aliphatic carbocycles. The molecular formula is C16H25FN2. The maximum absolute atomic E-state index is 14.0. The van der Waals surface area contributed by atoms with E-state index in [1.54, 1.807) is 6.07 Å². The van der Waals surface area contributed by atoms with Crippen molar-refractivity contribution in [2.24, 2.45) is 11.7 Å². The molecule has 1 saturated carbocycles. The van der Waals surface area contributed by atoms with Crippen LogP contribution in [0, 0.1) is 11.7 Å². The summed E-state index contributed by atoms with van der Waals surface area (Å²) in [4.78, 5) is 2.24. The van der Waals surface area contributed by atoms with Crippen LogP contribution in [0.3, 0.4) is 0 Å². The maximum Gasteiger partial charge on any atom is 0.130 e. The Morgan fingerprint density at radius 2 is 2.00 bits per heavy atom. The van der Waals surface area contributed by atoms with Crippen LogP contribution in [-0.4, -0.2) is 13.1 Å². The summed E-state index contributed by atoms with van der Waals surface area (Å²) in [7, 11) is 2.08. The van der Waals surface area contributed by atoms with Gasteiger partial charge in [-0.1, -0.05) is 25.8 Å². The van der Waals surface area contributed by atoms with Crippen molar-refractivity contribution >= 4 is 5.69 Å². The van der Waals surface area contributed by atoms with Gasteiger partial charge in [0.05, 0.1) is 0 Å². The average molecular weight is 264 g/mol. The predicted molar refractivity (Wildman–Crippen MR) is 78.8 cm³/mol. The predicted octanol–water partition coefficient (Wildman–Crippen LogP) is 3.86. The molecule has 0 spiro atoms. The van der Waals surface area contributed by atoms with Crippen molar-refractivity contribution in [2.75, 3.05) is 11.9 Å². The van der Waals surface area contributed by atoms with Crippen LogP contribution in [0.1, 0.15) is 51.1 Å². The minimum absolute atomic E-state index is 0.192. The SMILES string of the molecule is CC(N)c1c(F)cccc1N(C)C1CCCCC1C. The van der Waals surface area contributed by atoms with Gasteiger partial charge in [-0.05, 0) is 37.8 Å². The third-order valence-corrected chi connectivity index (χ3v) is 4.43. The molecule has 0 radical (unpaired) electrons. The standard InChI is InChI=1S/C16H25FN2/c1-11-7-4-5-9-14(11)19(3)15-10-6-8-13(17)16(15)12(2)18/h6,8,10-12,14H,4-5,7,9,18H2,1-3H3. The summed E-state index contributed by atoms with van der Waals surface area (Å²) < 4.78 is 14.0. The highest BCUT2D eigenvalue weighted by molar-refractivity contribution is 5.55. The minimum atomic E-state index is -0.280. The lowest BCUT2D eigenvalue weighted by Gasteiger charge is -2.39. The van der Waals surface area contributed by atoms with E-state index in [0.717, 1.165) is 5.69 Å². The highest BCUT2D eigenvalue weighted by Gasteiger charge is 2.27. The third-order valence-electron chi connectivity index (χ3n) is 4.43. The van der Waals surface area contributed by atoms with Gasteiger partial charge in [0.25, 0.3) is 0 Å². The summed E-state index contributed by atoms with van der Waals surface area (Å²) in [5, 5.41) is 0. The molecule has 19 heavy (non-hydrogen) atoms. The molecule has 1 aromatic carbocycles. The van der Waals surface area contributed by atoms with Gasteiger partial charge >= 0.3 is 0 Å². The quantitative estimate of drug-likeness (QED) is 0.898. The first-order valence-corrected chi connectivity index (χ1v) is 7.29. The van der Waals surface area contributed by atoms with Crippen LogP contribution in [0.5, 0.6) is 0 Å². The highest BCUT2D eigenvalue weighted by Crippen LogP contribution is 2.34. The second-order valence-electron chi connectivity index (χ2n) is 5.90. The van der Waals surface area contributed by atoms with Crippen LogP contribution >= 0.6 is 0 Å². The van der Waals surface area contributed by atoms with Gasteiger partial charge in [-0.15, -0.1) is 0 Å². The fourth-order valence-electron chi connectivity index (χ4n) is 3.33. The monoisotopic (exact) mass is 264 g/mol. The maximum atomic E-state index is 14.0. The fraction of sp³-hybridized carbons (Fsp3) is 0.625. The average Bonchev–Trinajstić information content (AvgIpc) is 2.37. The first-order valence-electron chi connectivity index (χ1n) is 7.29. The molecule has 0 aromatic heterocycles. The van der Waals surface area contributed by atoms with Crippen LogP contribution in [0.4, 0.5) is 10.1 Å². The summed E-state index contributed by atoms with van der Waals surface area (Å²) in [6.07, 6.45) is 5.03. The van der Waals surface area contributed by atoms with E-state index in [4.69, 9.17) is 5.73 Å². The third kappa shape index (κ3) is 2.92. The second-order valence-corrected chi connectivity index (χ2v) is 5.90. The Morgan fingerprint density at radius 1 is 1.32 bits per heavy atom. The van der Waals surface area contributed by atoms with E-state index in [1.165, 1.54) is 31.7 Å². The molecular weight excluding hydrogens is 239 g/mol. The van der Waals surface area contributed by atoms with Gasteiger partial charge in [-0.3, -0.25) is 0 Å². The largest absolute Gasteiger partial charge is 0.371 e. The Hall–Kier alpha value is -1.09. The van der Waals surface area contributed by atoms with Crippen molar-refractivity contribution < 1.29 is 4.39 Å². The Morgan fingerprint density at radius 3 is 2.63 bits per heavy atom. The molecule has 1 aliphatic rings. The van der Waals surface area contributed by atoms with Gasteiger partial charge in [-0.2, -0.15) is 0 Å². The molecule has 3 atom stereocenters. The second kappa shape index (κ2) is 5.91. The van der Waals surface area contributed by atoms with E-state index in [2.05, 4.69) is 18.9 Å². The number of hydrogen-bond donors (Lipinski definition) is 1. The van der Waals surface area contributed by atoms with Gasteiger partial charge in [0, 0.05) is 30.4 Å². The van der Waals surface area contributed by atoms with Crippen LogP contribution in [0.25, 0.3) is 0 Å². The Kier molecular flexibility index (Phi) is 4.46. The first kappa shape index (κ1) is 14.3. The van der Waals surface area contributed by atoms with Crippen molar-refractivity contribution in [1.29, 1.82) is 0 Å². The van der Waals surface area contributed by atoms with Crippen LogP contribution in [0.15, 0.2) is 18.2 Å². The number of nitrogens with zero attached hydrogens (tertiary/aromatic N) is 1. The van der Waals surface area contributed by atoms with E-state index in [9.17, 15) is 4.39 Å². The lowest BCUT2D eigenvalue weighted by atomic mass is 9.84. The van der Waals surface area contributed by atoms with Crippen molar-refractivity contribution in [2.45, 2.75) is 51.6 Å². The lowest BCUT2D eigenvalue weighted by Crippen LogP contribution is -2.39. The number of rotatable bonds is 3. The van der Waals surface area contributed by atoms with E-state index in [1.807, 2.05) is 13.0 Å². The molecule has 0 amide bonds. The van der Waals surface area contributed by atoms with Crippen molar-refractivity contribution in [3.8, 4) is 0 Å². The zero-order valence-electron chi connectivity index (χ0n) is 12.2. The summed E-state index contributed by atoms with van der Waals surface area (Å²) in [5.41, 5.74) is 7.54. The summed E-state index contributed by atoms with van der Waals surface area (Å²) in [5.74, 6) is 0.464. The molecule has 1 aromatic rings. The Balaban J connectivity index is 2.32. The van der Waals surface area contributed by atoms with Crippen LogP contribution in [-0.2, 0) is 0 Å². The Labute approximate surface area is 115 Å². The number of hydrogen-bond acceptors (Lipinski definition) is 2. The molecule has 2 rings (SSSR count). The van der Waals surface area contributed by atoms with Gasteiger partial charge < -0.3 is 10.6 Å². The molecule has 0 heterocycles. The van der Waals surface area contributed by atoms with Gasteiger partial charge in [0.2, 0.25) is 0 Å². The van der Waals surface area contributed by atoms with Crippen molar-refractivity contribution in [3.63, 3.8) is 0 Å². The molecule has 3 heteroatoms. The molecule has 3 unspecified atom stereocenters. The minimum Gasteiger partial charge on any atom is -0.371 e. The van der Waals surface area contributed by atoms with Gasteiger partial charge in [-0.25, -0.2) is 4.39 Å². The van der Waals surface area contributed by atoms with Crippen LogP contribution < -0.4 is 10.6 Å². The molecule has 2 N–H and O–H groups in total. The smallest absolute Gasteiger partial charge is 0.130 e. The van der Waals surface area contributed by atoms with Gasteiger partial charge in [0.1, 0.15) is 5.82 Å². The summed E-state index contributed by atoms with van der Waals surface area (Å²) in [6, 6.07) is 5.48. The van der Waals surface area contributed by atoms with E-state index in [-0.39, 0.29) is 11.9 Å². The first-order chi connectivity index (χ1) is 9.02. The van der Waals surface area contributed by atoms with E-state index < -0.39 is 0 Å². The zero-order valence-corrected chi connectivity index (χ0v) is 12.2. The zero-order chi connectivity index (χ0) is 14.0. The molecule has 2 nitrogen and oxygen atoms in total. The van der Waals surface area contributed by atoms with Gasteiger partial charge in [0.15, 0.2) is 0 Å². The van der Waals surface area contributed by atoms with E-state index >= 15 is 0 Å². The number of benzene rings is 1. The highest BCUT2D eigenvalue weighted by atomic mass is 19.1. The summed E-state index contributed by atoms with van der Waals surface area (Å²) >= 11 is 0. The normalized spacial score (nSPS) is 25.1. The molecule has 0 bridgehead atoms.